The number of ether oxygens (including phenoxy) is 1. The van der Waals surface area contributed by atoms with Crippen molar-refractivity contribution in [2.24, 2.45) is 0 Å². The second-order valence-corrected chi connectivity index (χ2v) is 16.2. The molecule has 12 heteroatoms. The SMILES string of the molecule is CC(C)(C)NC(=O)Oc1ccc(C(=O)N[C@H]2CCC[C@@H](Nc3ncc(C4CC4)c(-c4cn(S(=O)(=O)c5ccccc5)c5ccccc45)n3)C2)cc1. The number of aromatic nitrogens is 3. The molecule has 2 atom stereocenters. The Hall–Kier alpha value is -5.23. The number of para-hydroxylation sites is 1. The van der Waals surface area contributed by atoms with Gasteiger partial charge in [0.2, 0.25) is 5.95 Å². The van der Waals surface area contributed by atoms with E-state index in [-0.39, 0.29) is 22.9 Å². The number of rotatable bonds is 9. The number of hydrogen-bond acceptors (Lipinski definition) is 8. The van der Waals surface area contributed by atoms with Crippen molar-refractivity contribution in [1.29, 1.82) is 0 Å². The number of nitrogens with zero attached hydrogens (tertiary/aromatic N) is 3. The summed E-state index contributed by atoms with van der Waals surface area (Å²) in [7, 11) is -3.85. The first-order chi connectivity index (χ1) is 24.4. The van der Waals surface area contributed by atoms with Crippen LogP contribution in [0.15, 0.2) is 96.2 Å². The number of anilines is 1. The van der Waals surface area contributed by atoms with Gasteiger partial charge in [0.05, 0.1) is 16.1 Å². The molecule has 0 spiro atoms. The van der Waals surface area contributed by atoms with Gasteiger partial charge in [-0.3, -0.25) is 4.79 Å². The second kappa shape index (κ2) is 13.8. The maximum absolute atomic E-state index is 13.8. The Labute approximate surface area is 297 Å². The van der Waals surface area contributed by atoms with Crippen LogP contribution in [0.5, 0.6) is 5.75 Å². The third kappa shape index (κ3) is 7.75. The Bertz CT molecular complexity index is 2170. The van der Waals surface area contributed by atoms with Crippen molar-refractivity contribution < 1.29 is 22.7 Å². The molecule has 0 bridgehead atoms. The van der Waals surface area contributed by atoms with Gasteiger partial charge in [0.1, 0.15) is 5.75 Å². The van der Waals surface area contributed by atoms with Crippen LogP contribution in [0.1, 0.15) is 81.1 Å². The van der Waals surface area contributed by atoms with E-state index in [0.717, 1.165) is 54.3 Å². The number of carbonyl (C=O) groups excluding carboxylic acids is 2. The molecule has 0 saturated heterocycles. The van der Waals surface area contributed by atoms with Crippen LogP contribution in [0.25, 0.3) is 22.2 Å². The number of nitrogens with one attached hydrogen (secondary N) is 3. The fourth-order valence-corrected chi connectivity index (χ4v) is 8.02. The molecule has 0 aliphatic heterocycles. The zero-order valence-electron chi connectivity index (χ0n) is 28.9. The molecule has 2 heterocycles. The van der Waals surface area contributed by atoms with Crippen molar-refractivity contribution in [3.63, 3.8) is 0 Å². The van der Waals surface area contributed by atoms with Gasteiger partial charge in [0.15, 0.2) is 0 Å². The lowest BCUT2D eigenvalue weighted by atomic mass is 9.91. The topological polar surface area (TPSA) is 144 Å². The summed E-state index contributed by atoms with van der Waals surface area (Å²) in [6.07, 6.45) is 8.44. The van der Waals surface area contributed by atoms with Crippen molar-refractivity contribution in [3.8, 4) is 17.0 Å². The molecule has 2 aliphatic rings. The normalized spacial score (nSPS) is 17.9. The number of fused-ring (bicyclic) bond motifs is 1. The summed E-state index contributed by atoms with van der Waals surface area (Å²) >= 11 is 0. The summed E-state index contributed by atoms with van der Waals surface area (Å²) in [4.78, 5) is 35.2. The van der Waals surface area contributed by atoms with E-state index in [0.29, 0.717) is 35.1 Å². The van der Waals surface area contributed by atoms with Gasteiger partial charge in [-0.05, 0) is 108 Å². The summed E-state index contributed by atoms with van der Waals surface area (Å²) in [6, 6.07) is 22.4. The first-order valence-corrected chi connectivity index (χ1v) is 18.8. The van der Waals surface area contributed by atoms with Gasteiger partial charge in [-0.2, -0.15) is 0 Å². The molecular formula is C39H42N6O5S. The standard InChI is InChI=1S/C39H42N6O5S/c1-39(2,3)44-38(47)50-29-20-18-26(19-21-29)36(46)41-27-10-9-11-28(22-27)42-37-40-23-32(25-16-17-25)35(43-37)33-24-45(34-15-8-7-14-31(33)34)51(48,49)30-12-5-4-6-13-30/h4-8,12-15,18-21,23-25,27-28H,9-11,16-17,22H2,1-3H3,(H,41,46)(H,44,47)(H,40,42,43)/t27-,28+/m0/s1. The number of carbonyl (C=O) groups is 2. The van der Waals surface area contributed by atoms with E-state index in [4.69, 9.17) is 14.7 Å². The minimum Gasteiger partial charge on any atom is -0.410 e. The third-order valence-corrected chi connectivity index (χ3v) is 10.9. The zero-order chi connectivity index (χ0) is 35.8. The van der Waals surface area contributed by atoms with E-state index in [9.17, 15) is 18.0 Å². The summed E-state index contributed by atoms with van der Waals surface area (Å²) < 4.78 is 34.3. The monoisotopic (exact) mass is 706 g/mol. The van der Waals surface area contributed by atoms with Crippen LogP contribution in [0.3, 0.4) is 0 Å². The van der Waals surface area contributed by atoms with Crippen LogP contribution in [-0.4, -0.2) is 52.0 Å². The molecule has 2 saturated carbocycles. The fourth-order valence-electron chi connectivity index (χ4n) is 6.63. The van der Waals surface area contributed by atoms with E-state index >= 15 is 0 Å². The number of hydrogen-bond donors (Lipinski definition) is 3. The van der Waals surface area contributed by atoms with Crippen LogP contribution in [0.4, 0.5) is 10.7 Å². The predicted molar refractivity (Wildman–Crippen MR) is 196 cm³/mol. The Balaban J connectivity index is 1.07. The van der Waals surface area contributed by atoms with Crippen LogP contribution in [0.2, 0.25) is 0 Å². The second-order valence-electron chi connectivity index (χ2n) is 14.4. The van der Waals surface area contributed by atoms with Crippen molar-refractivity contribution in [3.05, 3.63) is 102 Å². The molecule has 7 rings (SSSR count). The van der Waals surface area contributed by atoms with E-state index < -0.39 is 21.7 Å². The molecular weight excluding hydrogens is 665 g/mol. The Morgan fingerprint density at radius 2 is 1.59 bits per heavy atom. The molecule has 51 heavy (non-hydrogen) atoms. The van der Waals surface area contributed by atoms with Crippen LogP contribution >= 0.6 is 0 Å². The lowest BCUT2D eigenvalue weighted by molar-refractivity contribution is 0.0926. The van der Waals surface area contributed by atoms with Gasteiger partial charge < -0.3 is 20.7 Å². The largest absolute Gasteiger partial charge is 0.413 e. The zero-order valence-corrected chi connectivity index (χ0v) is 29.7. The molecule has 3 aromatic carbocycles. The third-order valence-electron chi connectivity index (χ3n) is 9.21. The number of benzene rings is 3. The van der Waals surface area contributed by atoms with Crippen LogP contribution in [0, 0.1) is 0 Å². The lowest BCUT2D eigenvalue weighted by Crippen LogP contribution is -2.42. The van der Waals surface area contributed by atoms with Crippen LogP contribution in [-0.2, 0) is 10.0 Å². The molecule has 2 fully saturated rings. The molecule has 0 radical (unpaired) electrons. The highest BCUT2D eigenvalue weighted by molar-refractivity contribution is 7.90. The van der Waals surface area contributed by atoms with Crippen molar-refractivity contribution >= 4 is 38.9 Å². The molecule has 2 aromatic heterocycles. The quantitative estimate of drug-likeness (QED) is 0.145. The summed E-state index contributed by atoms with van der Waals surface area (Å²) in [6.45, 7) is 5.60. The van der Waals surface area contributed by atoms with E-state index in [1.54, 1.807) is 60.8 Å². The highest BCUT2D eigenvalue weighted by atomic mass is 32.2. The van der Waals surface area contributed by atoms with Gasteiger partial charge in [0.25, 0.3) is 15.9 Å². The molecule has 5 aromatic rings. The van der Waals surface area contributed by atoms with Gasteiger partial charge in [-0.25, -0.2) is 27.2 Å². The maximum atomic E-state index is 13.8. The molecule has 3 N–H and O–H groups in total. The smallest absolute Gasteiger partial charge is 0.410 e. The average molecular weight is 707 g/mol. The minimum atomic E-state index is -3.85. The van der Waals surface area contributed by atoms with Crippen molar-refractivity contribution in [2.45, 2.75) is 87.7 Å². The predicted octanol–water partition coefficient (Wildman–Crippen LogP) is 7.25. The van der Waals surface area contributed by atoms with E-state index in [1.807, 2.05) is 51.2 Å². The van der Waals surface area contributed by atoms with E-state index in [2.05, 4.69) is 16.0 Å². The molecule has 11 nitrogen and oxygen atoms in total. The first kappa shape index (κ1) is 34.2. The van der Waals surface area contributed by atoms with Gasteiger partial charge >= 0.3 is 6.09 Å². The van der Waals surface area contributed by atoms with Crippen molar-refractivity contribution in [2.75, 3.05) is 5.32 Å². The fraction of sp³-hybridized carbons (Fsp3) is 0.333. The lowest BCUT2D eigenvalue weighted by Gasteiger charge is -2.30. The molecule has 0 unspecified atom stereocenters. The van der Waals surface area contributed by atoms with Crippen molar-refractivity contribution in [1.82, 2.24) is 24.6 Å². The summed E-state index contributed by atoms with van der Waals surface area (Å²) in [5.41, 5.74) is 3.14. The number of amides is 2. The van der Waals surface area contributed by atoms with E-state index in [1.165, 1.54) is 3.97 Å². The highest BCUT2D eigenvalue weighted by Gasteiger charge is 2.31. The molecule has 2 amide bonds. The summed E-state index contributed by atoms with van der Waals surface area (Å²) in [5, 5.41) is 10.2. The van der Waals surface area contributed by atoms with Gasteiger partial charge in [0, 0.05) is 52.1 Å². The maximum Gasteiger partial charge on any atom is 0.413 e. The Kier molecular flexibility index (Phi) is 9.28. The van der Waals surface area contributed by atoms with Gasteiger partial charge in [-0.1, -0.05) is 36.4 Å². The first-order valence-electron chi connectivity index (χ1n) is 17.4. The van der Waals surface area contributed by atoms with Gasteiger partial charge in [-0.15, -0.1) is 0 Å². The Morgan fingerprint density at radius 1 is 0.882 bits per heavy atom. The minimum absolute atomic E-state index is 0.0283. The molecule has 264 valence electrons. The molecule has 2 aliphatic carbocycles. The van der Waals surface area contributed by atoms with Crippen LogP contribution < -0.4 is 20.7 Å². The Morgan fingerprint density at radius 3 is 2.31 bits per heavy atom. The summed E-state index contributed by atoms with van der Waals surface area (Å²) in [5.74, 6) is 0.961. The highest BCUT2D eigenvalue weighted by Crippen LogP contribution is 2.45. The average Bonchev–Trinajstić information content (AvgIpc) is 3.87.